The molecule has 2 bridgehead atoms. The lowest BCUT2D eigenvalue weighted by Gasteiger charge is -2.37. The summed E-state index contributed by atoms with van der Waals surface area (Å²) in [5.74, 6) is 0. The van der Waals surface area contributed by atoms with Crippen LogP contribution in [0.4, 0.5) is 0 Å². The van der Waals surface area contributed by atoms with Gasteiger partial charge in [-0.15, -0.1) is 0 Å². The fourth-order valence-electron chi connectivity index (χ4n) is 4.07. The topological polar surface area (TPSA) is 15.3 Å². The molecular formula is C18H28N2. The molecule has 2 atom stereocenters. The summed E-state index contributed by atoms with van der Waals surface area (Å²) in [5.41, 5.74) is 4.32. The van der Waals surface area contributed by atoms with Gasteiger partial charge in [0.25, 0.3) is 0 Å². The molecule has 2 nitrogen and oxygen atoms in total. The van der Waals surface area contributed by atoms with Crippen LogP contribution in [0.3, 0.4) is 0 Å². The van der Waals surface area contributed by atoms with Gasteiger partial charge in [-0.25, -0.2) is 0 Å². The Morgan fingerprint density at radius 3 is 2.45 bits per heavy atom. The van der Waals surface area contributed by atoms with E-state index >= 15 is 0 Å². The molecule has 2 fully saturated rings. The number of aryl methyl sites for hydroxylation is 2. The van der Waals surface area contributed by atoms with Gasteiger partial charge in [0.1, 0.15) is 0 Å². The van der Waals surface area contributed by atoms with Crippen LogP contribution < -0.4 is 5.32 Å². The average Bonchev–Trinajstić information content (AvgIpc) is 2.77. The quantitative estimate of drug-likeness (QED) is 0.903. The van der Waals surface area contributed by atoms with Crippen molar-refractivity contribution in [3.63, 3.8) is 0 Å². The number of nitrogens with zero attached hydrogens (tertiary/aromatic N) is 1. The lowest BCUT2D eigenvalue weighted by atomic mass is 9.97. The van der Waals surface area contributed by atoms with Crippen LogP contribution in [-0.4, -0.2) is 29.6 Å². The van der Waals surface area contributed by atoms with Gasteiger partial charge in [0.05, 0.1) is 0 Å². The summed E-state index contributed by atoms with van der Waals surface area (Å²) in [7, 11) is 0. The van der Waals surface area contributed by atoms with Crippen LogP contribution in [0, 0.1) is 13.8 Å². The van der Waals surface area contributed by atoms with E-state index in [-0.39, 0.29) is 0 Å². The summed E-state index contributed by atoms with van der Waals surface area (Å²) >= 11 is 0. The van der Waals surface area contributed by atoms with Crippen LogP contribution >= 0.6 is 0 Å². The number of hydrogen-bond acceptors (Lipinski definition) is 2. The molecule has 1 aromatic rings. The van der Waals surface area contributed by atoms with Gasteiger partial charge < -0.3 is 5.32 Å². The Balaban J connectivity index is 1.70. The van der Waals surface area contributed by atoms with E-state index in [2.05, 4.69) is 49.2 Å². The van der Waals surface area contributed by atoms with Gasteiger partial charge >= 0.3 is 0 Å². The summed E-state index contributed by atoms with van der Waals surface area (Å²) in [6.07, 6.45) is 5.47. The predicted molar refractivity (Wildman–Crippen MR) is 85.0 cm³/mol. The second-order valence-electron chi connectivity index (χ2n) is 6.76. The number of rotatable bonds is 4. The van der Waals surface area contributed by atoms with Crippen LogP contribution in [0.15, 0.2) is 18.2 Å². The predicted octanol–water partition coefficient (Wildman–Crippen LogP) is 3.41. The van der Waals surface area contributed by atoms with E-state index < -0.39 is 0 Å². The Morgan fingerprint density at radius 1 is 1.15 bits per heavy atom. The van der Waals surface area contributed by atoms with Crippen molar-refractivity contribution in [2.75, 3.05) is 6.54 Å². The molecule has 2 aliphatic heterocycles. The molecule has 2 aliphatic rings. The summed E-state index contributed by atoms with van der Waals surface area (Å²) in [4.78, 5) is 2.70. The minimum atomic E-state index is 0.777. The van der Waals surface area contributed by atoms with Crippen LogP contribution in [0.2, 0.25) is 0 Å². The van der Waals surface area contributed by atoms with Crippen molar-refractivity contribution < 1.29 is 0 Å². The third kappa shape index (κ3) is 2.91. The summed E-state index contributed by atoms with van der Waals surface area (Å²) in [6, 6.07) is 9.24. The zero-order valence-electron chi connectivity index (χ0n) is 13.2. The molecule has 20 heavy (non-hydrogen) atoms. The van der Waals surface area contributed by atoms with Crippen molar-refractivity contribution >= 4 is 0 Å². The van der Waals surface area contributed by atoms with Crippen molar-refractivity contribution in [1.82, 2.24) is 10.2 Å². The normalized spacial score (nSPS) is 29.1. The minimum absolute atomic E-state index is 0.777. The van der Waals surface area contributed by atoms with Crippen molar-refractivity contribution in [3.8, 4) is 0 Å². The molecule has 2 saturated heterocycles. The second-order valence-corrected chi connectivity index (χ2v) is 6.76. The van der Waals surface area contributed by atoms with Gasteiger partial charge in [0, 0.05) is 24.7 Å². The maximum absolute atomic E-state index is 3.76. The molecule has 2 heterocycles. The van der Waals surface area contributed by atoms with Gasteiger partial charge in [-0.1, -0.05) is 30.7 Å². The number of piperidine rings is 1. The first kappa shape index (κ1) is 14.1. The maximum Gasteiger partial charge on any atom is 0.0239 e. The molecule has 110 valence electrons. The first-order chi connectivity index (χ1) is 9.65. The van der Waals surface area contributed by atoms with Crippen LogP contribution in [0.25, 0.3) is 0 Å². The van der Waals surface area contributed by atoms with Crippen LogP contribution in [0.1, 0.15) is 49.3 Å². The highest BCUT2D eigenvalue weighted by Crippen LogP contribution is 2.30. The third-order valence-corrected chi connectivity index (χ3v) is 5.24. The molecule has 0 aromatic heterocycles. The van der Waals surface area contributed by atoms with E-state index in [1.165, 1.54) is 42.4 Å². The molecule has 0 saturated carbocycles. The smallest absolute Gasteiger partial charge is 0.0239 e. The highest BCUT2D eigenvalue weighted by atomic mass is 15.2. The standard InChI is InChI=1S/C18H28N2/c1-4-20(12-15-6-5-13(2)9-14(15)3)18-10-16-7-8-17(11-18)19-16/h5-6,9,16-19H,4,7-8,10-12H2,1-3H3. The fraction of sp³-hybridized carbons (Fsp3) is 0.667. The second kappa shape index (κ2) is 5.87. The largest absolute Gasteiger partial charge is 0.311 e. The first-order valence-electron chi connectivity index (χ1n) is 8.22. The molecule has 1 N–H and O–H groups in total. The van der Waals surface area contributed by atoms with Crippen molar-refractivity contribution in [2.45, 2.75) is 71.1 Å². The van der Waals surface area contributed by atoms with Crippen molar-refractivity contribution in [2.24, 2.45) is 0 Å². The summed E-state index contributed by atoms with van der Waals surface area (Å²) < 4.78 is 0. The fourth-order valence-corrected chi connectivity index (χ4v) is 4.07. The molecule has 3 rings (SSSR count). The molecule has 2 unspecified atom stereocenters. The molecule has 0 amide bonds. The Hall–Kier alpha value is -0.860. The lowest BCUT2D eigenvalue weighted by Crippen LogP contribution is -2.48. The van der Waals surface area contributed by atoms with E-state index in [0.29, 0.717) is 0 Å². The summed E-state index contributed by atoms with van der Waals surface area (Å²) in [6.45, 7) is 9.03. The van der Waals surface area contributed by atoms with Crippen LogP contribution in [0.5, 0.6) is 0 Å². The van der Waals surface area contributed by atoms with E-state index in [1.807, 2.05) is 0 Å². The highest BCUT2D eigenvalue weighted by molar-refractivity contribution is 5.30. The number of nitrogens with one attached hydrogen (secondary N) is 1. The third-order valence-electron chi connectivity index (χ3n) is 5.24. The van der Waals surface area contributed by atoms with Gasteiger partial charge in [-0.2, -0.15) is 0 Å². The van der Waals surface area contributed by atoms with Gasteiger partial charge in [0.15, 0.2) is 0 Å². The van der Waals surface area contributed by atoms with Crippen molar-refractivity contribution in [1.29, 1.82) is 0 Å². The Morgan fingerprint density at radius 2 is 1.85 bits per heavy atom. The number of fused-ring (bicyclic) bond motifs is 2. The Bertz CT molecular complexity index is 456. The monoisotopic (exact) mass is 272 g/mol. The van der Waals surface area contributed by atoms with Crippen LogP contribution in [-0.2, 0) is 6.54 Å². The molecular weight excluding hydrogens is 244 g/mol. The van der Waals surface area contributed by atoms with E-state index in [9.17, 15) is 0 Å². The van der Waals surface area contributed by atoms with E-state index in [0.717, 1.165) is 31.2 Å². The Kier molecular flexibility index (Phi) is 4.13. The van der Waals surface area contributed by atoms with E-state index in [4.69, 9.17) is 0 Å². The maximum atomic E-state index is 3.76. The summed E-state index contributed by atoms with van der Waals surface area (Å²) in [5, 5.41) is 3.76. The van der Waals surface area contributed by atoms with Gasteiger partial charge in [0.2, 0.25) is 0 Å². The zero-order chi connectivity index (χ0) is 14.1. The molecule has 1 aromatic carbocycles. The number of benzene rings is 1. The Labute approximate surface area is 123 Å². The SMILES string of the molecule is CCN(Cc1ccc(C)cc1C)C1CC2CCC(C1)N2. The minimum Gasteiger partial charge on any atom is -0.311 e. The molecule has 0 spiro atoms. The molecule has 2 heteroatoms. The van der Waals surface area contributed by atoms with E-state index in [1.54, 1.807) is 0 Å². The van der Waals surface area contributed by atoms with Gasteiger partial charge in [-0.05, 0) is 57.2 Å². The average molecular weight is 272 g/mol. The first-order valence-corrected chi connectivity index (χ1v) is 8.22. The highest BCUT2D eigenvalue weighted by Gasteiger charge is 2.35. The molecule has 0 radical (unpaired) electrons. The van der Waals surface area contributed by atoms with Gasteiger partial charge in [-0.3, -0.25) is 4.90 Å². The zero-order valence-corrected chi connectivity index (χ0v) is 13.2. The number of hydrogen-bond donors (Lipinski definition) is 1. The molecule has 0 aliphatic carbocycles. The van der Waals surface area contributed by atoms with Crippen molar-refractivity contribution in [3.05, 3.63) is 34.9 Å². The lowest BCUT2D eigenvalue weighted by molar-refractivity contribution is 0.140.